The second-order valence-corrected chi connectivity index (χ2v) is 3.28. The lowest BCUT2D eigenvalue weighted by Gasteiger charge is -2.28. The molecular formula is C9H11F2N3. The van der Waals surface area contributed by atoms with Gasteiger partial charge in [-0.15, -0.1) is 0 Å². The third kappa shape index (κ3) is 1.98. The summed E-state index contributed by atoms with van der Waals surface area (Å²) in [7, 11) is 0. The summed E-state index contributed by atoms with van der Waals surface area (Å²) in [4.78, 5) is 3.90. The number of nitrogens with one attached hydrogen (secondary N) is 2. The topological polar surface area (TPSA) is 37.0 Å². The summed E-state index contributed by atoms with van der Waals surface area (Å²) < 4.78 is 24.3. The van der Waals surface area contributed by atoms with Crippen LogP contribution in [-0.4, -0.2) is 24.1 Å². The van der Waals surface area contributed by atoms with Crippen LogP contribution in [0.1, 0.15) is 12.0 Å². The monoisotopic (exact) mass is 199 g/mol. The molecule has 0 radical (unpaired) electrons. The third-order valence-electron chi connectivity index (χ3n) is 2.17. The second-order valence-electron chi connectivity index (χ2n) is 3.28. The van der Waals surface area contributed by atoms with E-state index in [0.717, 1.165) is 13.1 Å². The predicted octanol–water partition coefficient (Wildman–Crippen LogP) is 1.40. The first-order chi connectivity index (χ1) is 6.75. The molecule has 3 nitrogen and oxygen atoms in total. The van der Waals surface area contributed by atoms with Crippen LogP contribution >= 0.6 is 0 Å². The Morgan fingerprint density at radius 2 is 2.21 bits per heavy atom. The van der Waals surface area contributed by atoms with Crippen molar-refractivity contribution < 1.29 is 8.78 Å². The van der Waals surface area contributed by atoms with Gasteiger partial charge in [0.25, 0.3) is 6.43 Å². The Balaban J connectivity index is 1.98. The molecule has 76 valence electrons. The molecule has 1 aliphatic rings. The Hall–Kier alpha value is -1.23. The molecule has 1 aromatic heterocycles. The van der Waals surface area contributed by atoms with Gasteiger partial charge >= 0.3 is 0 Å². The quantitative estimate of drug-likeness (QED) is 0.772. The highest BCUT2D eigenvalue weighted by Crippen LogP contribution is 2.18. The molecule has 0 bridgehead atoms. The molecule has 1 fully saturated rings. The number of anilines is 1. The van der Waals surface area contributed by atoms with Crippen LogP contribution in [0.5, 0.6) is 0 Å². The maximum absolute atomic E-state index is 12.2. The van der Waals surface area contributed by atoms with Crippen molar-refractivity contribution in [3.8, 4) is 0 Å². The van der Waals surface area contributed by atoms with E-state index in [2.05, 4.69) is 15.6 Å². The molecule has 1 saturated heterocycles. The van der Waals surface area contributed by atoms with E-state index in [-0.39, 0.29) is 5.56 Å². The van der Waals surface area contributed by atoms with Crippen molar-refractivity contribution in [3.63, 3.8) is 0 Å². The highest BCUT2D eigenvalue weighted by Gasteiger charge is 2.16. The predicted molar refractivity (Wildman–Crippen MR) is 49.5 cm³/mol. The zero-order valence-electron chi connectivity index (χ0n) is 7.50. The highest BCUT2D eigenvalue weighted by atomic mass is 19.3. The van der Waals surface area contributed by atoms with Crippen molar-refractivity contribution in [2.24, 2.45) is 0 Å². The molecule has 0 atom stereocenters. The summed E-state index contributed by atoms with van der Waals surface area (Å²) in [5.41, 5.74) is -0.0396. The maximum Gasteiger partial charge on any atom is 0.265 e. The smallest absolute Gasteiger partial charge is 0.265 e. The molecule has 1 aliphatic heterocycles. The van der Waals surface area contributed by atoms with Crippen LogP contribution in [0.2, 0.25) is 0 Å². The molecule has 2 heterocycles. The van der Waals surface area contributed by atoms with Crippen LogP contribution in [-0.2, 0) is 0 Å². The van der Waals surface area contributed by atoms with Gasteiger partial charge in [-0.3, -0.25) is 0 Å². The molecule has 0 saturated carbocycles. The molecule has 0 unspecified atom stereocenters. The van der Waals surface area contributed by atoms with Crippen molar-refractivity contribution in [2.45, 2.75) is 12.5 Å². The Kier molecular flexibility index (Phi) is 2.58. The van der Waals surface area contributed by atoms with Gasteiger partial charge in [0.1, 0.15) is 5.82 Å². The minimum atomic E-state index is -2.44. The number of nitrogens with zero attached hydrogens (tertiary/aromatic N) is 1. The van der Waals surface area contributed by atoms with E-state index in [4.69, 9.17) is 0 Å². The maximum atomic E-state index is 12.2. The third-order valence-corrected chi connectivity index (χ3v) is 2.17. The van der Waals surface area contributed by atoms with Crippen LogP contribution in [0.3, 0.4) is 0 Å². The number of halogens is 2. The van der Waals surface area contributed by atoms with Crippen LogP contribution < -0.4 is 10.6 Å². The van der Waals surface area contributed by atoms with Gasteiger partial charge in [0, 0.05) is 24.8 Å². The van der Waals surface area contributed by atoms with Gasteiger partial charge in [-0.2, -0.15) is 0 Å². The van der Waals surface area contributed by atoms with Crippen molar-refractivity contribution in [3.05, 3.63) is 23.9 Å². The minimum Gasteiger partial charge on any atom is -0.365 e. The first-order valence-electron chi connectivity index (χ1n) is 4.47. The second kappa shape index (κ2) is 3.88. The van der Waals surface area contributed by atoms with Gasteiger partial charge in [0.2, 0.25) is 0 Å². The SMILES string of the molecule is FC(F)c1ccc(NC2CNC2)nc1. The summed E-state index contributed by atoms with van der Waals surface area (Å²) in [5, 5.41) is 6.23. The lowest BCUT2D eigenvalue weighted by atomic mass is 10.2. The number of pyridine rings is 1. The van der Waals surface area contributed by atoms with Gasteiger partial charge in [-0.1, -0.05) is 0 Å². The highest BCUT2D eigenvalue weighted by molar-refractivity contribution is 5.37. The Bertz CT molecular complexity index is 295. The summed E-state index contributed by atoms with van der Waals surface area (Å²) in [6.07, 6.45) is -1.24. The lowest BCUT2D eigenvalue weighted by molar-refractivity contribution is 0.151. The first kappa shape index (κ1) is 9.33. The zero-order valence-corrected chi connectivity index (χ0v) is 7.50. The Morgan fingerprint density at radius 1 is 1.43 bits per heavy atom. The Morgan fingerprint density at radius 3 is 2.64 bits per heavy atom. The molecule has 0 aliphatic carbocycles. The number of rotatable bonds is 3. The summed E-state index contributed by atoms with van der Waals surface area (Å²) in [6, 6.07) is 3.35. The molecule has 2 rings (SSSR count). The van der Waals surface area contributed by atoms with Crippen molar-refractivity contribution in [1.29, 1.82) is 0 Å². The summed E-state index contributed by atoms with van der Waals surface area (Å²) in [6.45, 7) is 1.80. The van der Waals surface area contributed by atoms with E-state index >= 15 is 0 Å². The van der Waals surface area contributed by atoms with Gasteiger partial charge in [-0.25, -0.2) is 13.8 Å². The standard InChI is InChI=1S/C9H11F2N3/c10-9(11)6-1-2-8(13-3-6)14-7-4-12-5-7/h1-3,7,9,12H,4-5H2,(H,13,14). The van der Waals surface area contributed by atoms with E-state index in [1.807, 2.05) is 0 Å². The number of hydrogen-bond acceptors (Lipinski definition) is 3. The Labute approximate surface area is 80.5 Å². The summed E-state index contributed by atoms with van der Waals surface area (Å²) in [5.74, 6) is 0.654. The van der Waals surface area contributed by atoms with Crippen LogP contribution in [0.15, 0.2) is 18.3 Å². The van der Waals surface area contributed by atoms with Gasteiger partial charge in [0.15, 0.2) is 0 Å². The molecular weight excluding hydrogens is 188 g/mol. The lowest BCUT2D eigenvalue weighted by Crippen LogP contribution is -2.51. The fourth-order valence-electron chi connectivity index (χ4n) is 1.22. The fraction of sp³-hybridized carbons (Fsp3) is 0.444. The van der Waals surface area contributed by atoms with E-state index < -0.39 is 6.43 Å². The molecule has 14 heavy (non-hydrogen) atoms. The molecule has 5 heteroatoms. The molecule has 0 amide bonds. The van der Waals surface area contributed by atoms with Crippen molar-refractivity contribution >= 4 is 5.82 Å². The molecule has 0 aromatic carbocycles. The average Bonchev–Trinajstić information content (AvgIpc) is 2.12. The zero-order chi connectivity index (χ0) is 9.97. The van der Waals surface area contributed by atoms with Gasteiger partial charge < -0.3 is 10.6 Å². The average molecular weight is 199 g/mol. The van der Waals surface area contributed by atoms with Gasteiger partial charge in [0.05, 0.1) is 6.04 Å². The molecule has 1 aromatic rings. The van der Waals surface area contributed by atoms with E-state index in [9.17, 15) is 8.78 Å². The molecule has 2 N–H and O–H groups in total. The number of alkyl halides is 2. The number of aromatic nitrogens is 1. The van der Waals surface area contributed by atoms with Crippen LogP contribution in [0, 0.1) is 0 Å². The van der Waals surface area contributed by atoms with E-state index in [0.29, 0.717) is 11.9 Å². The van der Waals surface area contributed by atoms with Crippen molar-refractivity contribution in [2.75, 3.05) is 18.4 Å². The van der Waals surface area contributed by atoms with Crippen LogP contribution in [0.25, 0.3) is 0 Å². The minimum absolute atomic E-state index is 0.0396. The number of hydrogen-bond donors (Lipinski definition) is 2. The van der Waals surface area contributed by atoms with E-state index in [1.165, 1.54) is 12.3 Å². The normalized spacial score (nSPS) is 16.8. The molecule has 0 spiro atoms. The largest absolute Gasteiger partial charge is 0.365 e. The fourth-order valence-corrected chi connectivity index (χ4v) is 1.22. The van der Waals surface area contributed by atoms with Gasteiger partial charge in [-0.05, 0) is 12.1 Å². The first-order valence-corrected chi connectivity index (χ1v) is 4.47. The van der Waals surface area contributed by atoms with Crippen LogP contribution in [0.4, 0.5) is 14.6 Å². The summed E-state index contributed by atoms with van der Waals surface area (Å²) >= 11 is 0. The van der Waals surface area contributed by atoms with Crippen molar-refractivity contribution in [1.82, 2.24) is 10.3 Å². The van der Waals surface area contributed by atoms with E-state index in [1.54, 1.807) is 6.07 Å².